The number of aromatic amines is 1. The van der Waals surface area contributed by atoms with Gasteiger partial charge in [0.2, 0.25) is 5.91 Å². The van der Waals surface area contributed by atoms with Crippen LogP contribution < -0.4 is 5.56 Å². The molecule has 1 aliphatic heterocycles. The van der Waals surface area contributed by atoms with Crippen molar-refractivity contribution in [2.45, 2.75) is 75.8 Å². The van der Waals surface area contributed by atoms with Gasteiger partial charge in [0.25, 0.3) is 5.56 Å². The summed E-state index contributed by atoms with van der Waals surface area (Å²) in [5.74, 6) is 1.45. The Balaban J connectivity index is 1.47. The molecular formula is C20H27N3O2S2. The lowest BCUT2D eigenvalue weighted by Gasteiger charge is -2.35. The molecule has 2 aromatic rings. The van der Waals surface area contributed by atoms with Crippen LogP contribution >= 0.6 is 23.1 Å². The van der Waals surface area contributed by atoms with Crippen molar-refractivity contribution in [3.8, 4) is 0 Å². The van der Waals surface area contributed by atoms with Crippen molar-refractivity contribution < 1.29 is 4.79 Å². The first-order chi connectivity index (χ1) is 13.0. The first kappa shape index (κ1) is 19.0. The number of likely N-dealkylation sites (tertiary alicyclic amines) is 1. The number of fused-ring (bicyclic) bond motifs is 3. The van der Waals surface area contributed by atoms with E-state index in [-0.39, 0.29) is 16.7 Å². The molecule has 1 amide bonds. The summed E-state index contributed by atoms with van der Waals surface area (Å²) in [6, 6.07) is 0.334. The zero-order valence-electron chi connectivity index (χ0n) is 16.0. The Labute approximate surface area is 167 Å². The van der Waals surface area contributed by atoms with E-state index < -0.39 is 0 Å². The standard InChI is InChI=1S/C20H27N3O2S2/c1-12-7-5-6-10-23(12)20(25)13(2)26-11-16-21-18(24)17-14-8-3-4-9-15(14)27-19(17)22-16/h12-13H,3-11H2,1-2H3,(H,21,22,24)/t12-,13+/m1/s1. The van der Waals surface area contributed by atoms with Crippen LogP contribution in [-0.2, 0) is 23.4 Å². The summed E-state index contributed by atoms with van der Waals surface area (Å²) >= 11 is 3.24. The van der Waals surface area contributed by atoms with E-state index in [0.717, 1.165) is 48.9 Å². The lowest BCUT2D eigenvalue weighted by atomic mass is 9.97. The molecule has 2 atom stereocenters. The van der Waals surface area contributed by atoms with Crippen molar-refractivity contribution >= 4 is 39.2 Å². The second kappa shape index (κ2) is 7.95. The lowest BCUT2D eigenvalue weighted by molar-refractivity contribution is -0.133. The Hall–Kier alpha value is -1.34. The van der Waals surface area contributed by atoms with Crippen LogP contribution in [0.25, 0.3) is 10.2 Å². The van der Waals surface area contributed by atoms with Crippen LogP contribution in [0.2, 0.25) is 0 Å². The van der Waals surface area contributed by atoms with Crippen molar-refractivity contribution in [3.63, 3.8) is 0 Å². The second-order valence-electron chi connectivity index (χ2n) is 7.73. The summed E-state index contributed by atoms with van der Waals surface area (Å²) in [5.41, 5.74) is 1.20. The molecule has 2 aliphatic rings. The molecule has 0 aromatic carbocycles. The maximum Gasteiger partial charge on any atom is 0.259 e. The first-order valence-corrected chi connectivity index (χ1v) is 11.9. The SMILES string of the molecule is C[C@H](SCc1nc2sc3c(c2c(=O)[nH]1)CCCC3)C(=O)N1CCCC[C@H]1C. The molecule has 1 aliphatic carbocycles. The van der Waals surface area contributed by atoms with E-state index in [1.807, 2.05) is 11.8 Å². The van der Waals surface area contributed by atoms with E-state index in [1.165, 1.54) is 23.3 Å². The summed E-state index contributed by atoms with van der Waals surface area (Å²) in [7, 11) is 0. The van der Waals surface area contributed by atoms with Crippen molar-refractivity contribution in [2.24, 2.45) is 0 Å². The first-order valence-electron chi connectivity index (χ1n) is 10.00. The zero-order chi connectivity index (χ0) is 19.0. The van der Waals surface area contributed by atoms with E-state index >= 15 is 0 Å². The molecule has 0 unspecified atom stereocenters. The van der Waals surface area contributed by atoms with E-state index in [0.29, 0.717) is 17.6 Å². The highest BCUT2D eigenvalue weighted by Gasteiger charge is 2.27. The van der Waals surface area contributed by atoms with Crippen LogP contribution in [0.3, 0.4) is 0 Å². The van der Waals surface area contributed by atoms with Crippen LogP contribution in [0.5, 0.6) is 0 Å². The molecule has 0 saturated carbocycles. The maximum absolute atomic E-state index is 12.8. The van der Waals surface area contributed by atoms with Crippen LogP contribution in [0, 0.1) is 0 Å². The molecule has 3 heterocycles. The van der Waals surface area contributed by atoms with Gasteiger partial charge >= 0.3 is 0 Å². The predicted molar refractivity (Wildman–Crippen MR) is 113 cm³/mol. The van der Waals surface area contributed by atoms with Crippen LogP contribution in [0.4, 0.5) is 0 Å². The van der Waals surface area contributed by atoms with Crippen LogP contribution in [0.1, 0.15) is 62.2 Å². The highest BCUT2D eigenvalue weighted by atomic mass is 32.2. The van der Waals surface area contributed by atoms with Crippen molar-refractivity contribution in [2.75, 3.05) is 6.54 Å². The Morgan fingerprint density at radius 3 is 2.96 bits per heavy atom. The normalized spacial score (nSPS) is 21.3. The van der Waals surface area contributed by atoms with Gasteiger partial charge in [-0.1, -0.05) is 0 Å². The van der Waals surface area contributed by atoms with E-state index in [4.69, 9.17) is 4.98 Å². The molecule has 2 aromatic heterocycles. The number of rotatable bonds is 4. The number of carbonyl (C=O) groups excluding carboxylic acids is 1. The zero-order valence-corrected chi connectivity index (χ0v) is 17.7. The molecule has 0 bridgehead atoms. The monoisotopic (exact) mass is 405 g/mol. The Morgan fingerprint density at radius 2 is 2.15 bits per heavy atom. The molecule has 7 heteroatoms. The van der Waals surface area contributed by atoms with Gasteiger partial charge in [0.1, 0.15) is 10.7 Å². The molecule has 0 spiro atoms. The largest absolute Gasteiger partial charge is 0.339 e. The quantitative estimate of drug-likeness (QED) is 0.838. The molecule has 0 radical (unpaired) electrons. The van der Waals surface area contributed by atoms with Crippen molar-refractivity contribution in [1.82, 2.24) is 14.9 Å². The van der Waals surface area contributed by atoms with E-state index in [2.05, 4.69) is 11.9 Å². The van der Waals surface area contributed by atoms with Crippen molar-refractivity contribution in [3.05, 3.63) is 26.6 Å². The third-order valence-corrected chi connectivity index (χ3v) is 8.11. The van der Waals surface area contributed by atoms with Gasteiger partial charge in [-0.25, -0.2) is 4.98 Å². The summed E-state index contributed by atoms with van der Waals surface area (Å²) in [5, 5.41) is 0.679. The van der Waals surface area contributed by atoms with Gasteiger partial charge in [0.15, 0.2) is 0 Å². The predicted octanol–water partition coefficient (Wildman–Crippen LogP) is 3.89. The number of amides is 1. The van der Waals surface area contributed by atoms with Gasteiger partial charge < -0.3 is 9.88 Å². The number of aromatic nitrogens is 2. The minimum Gasteiger partial charge on any atom is -0.339 e. The molecule has 146 valence electrons. The third kappa shape index (κ3) is 3.81. The molecule has 1 saturated heterocycles. The Kier molecular flexibility index (Phi) is 5.60. The number of H-pyrrole nitrogens is 1. The fraction of sp³-hybridized carbons (Fsp3) is 0.650. The number of piperidine rings is 1. The van der Waals surface area contributed by atoms with Gasteiger partial charge in [-0.3, -0.25) is 9.59 Å². The summed E-state index contributed by atoms with van der Waals surface area (Å²) in [6.45, 7) is 4.97. The minimum absolute atomic E-state index is 0.0152. The maximum atomic E-state index is 12.8. The number of nitrogens with one attached hydrogen (secondary N) is 1. The van der Waals surface area contributed by atoms with Gasteiger partial charge in [-0.2, -0.15) is 0 Å². The number of hydrogen-bond donors (Lipinski definition) is 1. The number of thiophene rings is 1. The van der Waals surface area contributed by atoms with Gasteiger partial charge in [-0.05, 0) is 64.4 Å². The molecule has 1 fully saturated rings. The molecule has 4 rings (SSSR count). The highest BCUT2D eigenvalue weighted by Crippen LogP contribution is 2.33. The molecule has 5 nitrogen and oxygen atoms in total. The minimum atomic E-state index is -0.122. The van der Waals surface area contributed by atoms with Crippen LogP contribution in [-0.4, -0.2) is 38.6 Å². The van der Waals surface area contributed by atoms with Crippen molar-refractivity contribution in [1.29, 1.82) is 0 Å². The van der Waals surface area contributed by atoms with E-state index in [9.17, 15) is 9.59 Å². The van der Waals surface area contributed by atoms with E-state index in [1.54, 1.807) is 23.1 Å². The summed E-state index contributed by atoms with van der Waals surface area (Å²) in [6.07, 6.45) is 7.83. The highest BCUT2D eigenvalue weighted by molar-refractivity contribution is 7.99. The molecular weight excluding hydrogens is 378 g/mol. The summed E-state index contributed by atoms with van der Waals surface area (Å²) in [4.78, 5) is 37.3. The van der Waals surface area contributed by atoms with Gasteiger partial charge in [0.05, 0.1) is 16.4 Å². The smallest absolute Gasteiger partial charge is 0.259 e. The van der Waals surface area contributed by atoms with Crippen LogP contribution in [0.15, 0.2) is 4.79 Å². The lowest BCUT2D eigenvalue weighted by Crippen LogP contribution is -2.45. The average Bonchev–Trinajstić information content (AvgIpc) is 3.04. The number of carbonyl (C=O) groups is 1. The average molecular weight is 406 g/mol. The fourth-order valence-electron chi connectivity index (χ4n) is 4.21. The number of thioether (sulfide) groups is 1. The number of aryl methyl sites for hydroxylation is 2. The number of hydrogen-bond acceptors (Lipinski definition) is 5. The Morgan fingerprint density at radius 1 is 1.33 bits per heavy atom. The van der Waals surface area contributed by atoms with Gasteiger partial charge in [-0.15, -0.1) is 23.1 Å². The Bertz CT molecular complexity index is 904. The fourth-order valence-corrected chi connectivity index (χ4v) is 6.31. The molecule has 1 N–H and O–H groups in total. The number of nitrogens with zero attached hydrogens (tertiary/aromatic N) is 2. The molecule has 27 heavy (non-hydrogen) atoms. The second-order valence-corrected chi connectivity index (χ2v) is 10.1. The van der Waals surface area contributed by atoms with Gasteiger partial charge in [0, 0.05) is 17.5 Å². The summed E-state index contributed by atoms with van der Waals surface area (Å²) < 4.78 is 0. The topological polar surface area (TPSA) is 66.1 Å². The third-order valence-electron chi connectivity index (χ3n) is 5.78.